The molecule has 0 aliphatic carbocycles. The smallest absolute Gasteiger partial charge is 0.263 e. The fraction of sp³-hybridized carbons (Fsp3) is 0.312. The molecule has 7 nitrogen and oxygen atoms in total. The van der Waals surface area contributed by atoms with Gasteiger partial charge in [-0.25, -0.2) is 0 Å². The Kier molecular flexibility index (Phi) is 5.72. The summed E-state index contributed by atoms with van der Waals surface area (Å²) < 4.78 is 5.39. The lowest BCUT2D eigenvalue weighted by Crippen LogP contribution is -2.33. The van der Waals surface area contributed by atoms with Gasteiger partial charge in [-0.15, -0.1) is 0 Å². The van der Waals surface area contributed by atoms with Gasteiger partial charge in [0.15, 0.2) is 0 Å². The molecule has 120 valence electrons. The molecular weight excluding hydrogens is 296 g/mol. The molecule has 4 N–H and O–H groups in total. The van der Waals surface area contributed by atoms with E-state index in [0.29, 0.717) is 18.8 Å². The van der Waals surface area contributed by atoms with Gasteiger partial charge >= 0.3 is 0 Å². The van der Waals surface area contributed by atoms with Gasteiger partial charge < -0.3 is 21.1 Å². The Bertz CT molecular complexity index is 658. The summed E-state index contributed by atoms with van der Waals surface area (Å²) in [5, 5.41) is 14.1. The minimum absolute atomic E-state index is 0.0161. The maximum absolute atomic E-state index is 12.0. The lowest BCUT2D eigenvalue weighted by Gasteiger charge is -2.10. The van der Waals surface area contributed by atoms with Crippen LogP contribution >= 0.6 is 0 Å². The Morgan fingerprint density at radius 3 is 2.87 bits per heavy atom. The zero-order valence-corrected chi connectivity index (χ0v) is 12.5. The molecule has 1 fully saturated rings. The van der Waals surface area contributed by atoms with Crippen LogP contribution in [0.4, 0.5) is 5.69 Å². The number of hydrogen-bond donors (Lipinski definition) is 3. The van der Waals surface area contributed by atoms with Crippen molar-refractivity contribution in [2.75, 3.05) is 18.9 Å². The number of nitrogens with zero attached hydrogens (tertiary/aromatic N) is 1. The first-order valence-electron chi connectivity index (χ1n) is 7.27. The molecule has 1 unspecified atom stereocenters. The van der Waals surface area contributed by atoms with Gasteiger partial charge in [0.1, 0.15) is 11.6 Å². The van der Waals surface area contributed by atoms with Crippen LogP contribution in [0.1, 0.15) is 23.2 Å². The minimum atomic E-state index is -0.552. The average Bonchev–Trinajstić information content (AvgIpc) is 3.07. The van der Waals surface area contributed by atoms with Crippen molar-refractivity contribution < 1.29 is 14.3 Å². The molecule has 2 rings (SSSR count). The second-order valence-electron chi connectivity index (χ2n) is 5.08. The van der Waals surface area contributed by atoms with Crippen molar-refractivity contribution >= 4 is 17.5 Å². The van der Waals surface area contributed by atoms with E-state index in [4.69, 9.17) is 15.7 Å². The van der Waals surface area contributed by atoms with E-state index in [1.54, 1.807) is 30.3 Å². The van der Waals surface area contributed by atoms with Crippen LogP contribution < -0.4 is 16.4 Å². The summed E-state index contributed by atoms with van der Waals surface area (Å²) in [6, 6.07) is 8.30. The molecule has 0 radical (unpaired) electrons. The maximum atomic E-state index is 12.0. The third-order valence-electron chi connectivity index (χ3n) is 3.43. The Morgan fingerprint density at radius 1 is 1.43 bits per heavy atom. The molecular formula is C16H18N4O3. The average molecular weight is 314 g/mol. The lowest BCUT2D eigenvalue weighted by atomic mass is 10.1. The maximum Gasteiger partial charge on any atom is 0.263 e. The first-order valence-corrected chi connectivity index (χ1v) is 7.27. The highest BCUT2D eigenvalue weighted by atomic mass is 16.5. The van der Waals surface area contributed by atoms with E-state index in [2.05, 4.69) is 10.6 Å². The predicted octanol–water partition coefficient (Wildman–Crippen LogP) is 0.701. The fourth-order valence-corrected chi connectivity index (χ4v) is 2.17. The molecule has 0 aromatic heterocycles. The number of nitriles is 1. The van der Waals surface area contributed by atoms with E-state index in [1.807, 2.05) is 0 Å². The number of anilines is 1. The van der Waals surface area contributed by atoms with Crippen LogP contribution in [0.3, 0.4) is 0 Å². The van der Waals surface area contributed by atoms with E-state index in [-0.39, 0.29) is 17.2 Å². The van der Waals surface area contributed by atoms with Gasteiger partial charge in [0, 0.05) is 25.0 Å². The molecule has 1 aliphatic heterocycles. The van der Waals surface area contributed by atoms with Crippen LogP contribution in [0, 0.1) is 11.3 Å². The number of rotatable bonds is 5. The summed E-state index contributed by atoms with van der Waals surface area (Å²) in [6.07, 6.45) is 2.92. The highest BCUT2D eigenvalue weighted by Crippen LogP contribution is 2.11. The molecule has 1 heterocycles. The van der Waals surface area contributed by atoms with Crippen LogP contribution in [0.2, 0.25) is 0 Å². The van der Waals surface area contributed by atoms with Gasteiger partial charge in [0.25, 0.3) is 11.8 Å². The van der Waals surface area contributed by atoms with E-state index >= 15 is 0 Å². The van der Waals surface area contributed by atoms with Crippen molar-refractivity contribution in [1.29, 1.82) is 5.26 Å². The Hall–Kier alpha value is -2.85. The molecule has 1 aliphatic rings. The molecule has 0 spiro atoms. The van der Waals surface area contributed by atoms with Crippen molar-refractivity contribution in [1.82, 2.24) is 10.6 Å². The van der Waals surface area contributed by atoms with Crippen molar-refractivity contribution in [3.63, 3.8) is 0 Å². The predicted molar refractivity (Wildman–Crippen MR) is 84.0 cm³/mol. The molecule has 7 heteroatoms. The summed E-state index contributed by atoms with van der Waals surface area (Å²) in [7, 11) is 0. The Morgan fingerprint density at radius 2 is 2.22 bits per heavy atom. The summed E-state index contributed by atoms with van der Waals surface area (Å²) in [6.45, 7) is 1.04. The number of nitrogens with one attached hydrogen (secondary N) is 2. The quantitative estimate of drug-likeness (QED) is 0.420. The zero-order chi connectivity index (χ0) is 16.7. The summed E-state index contributed by atoms with van der Waals surface area (Å²) in [4.78, 5) is 23.9. The van der Waals surface area contributed by atoms with E-state index in [0.717, 1.165) is 19.0 Å². The molecule has 1 atom stereocenters. The third-order valence-corrected chi connectivity index (χ3v) is 3.43. The van der Waals surface area contributed by atoms with Gasteiger partial charge in [-0.05, 0) is 25.0 Å². The minimum Gasteiger partial charge on any atom is -0.398 e. The van der Waals surface area contributed by atoms with Gasteiger partial charge in [-0.3, -0.25) is 9.59 Å². The highest BCUT2D eigenvalue weighted by molar-refractivity contribution is 6.01. The Balaban J connectivity index is 1.93. The molecule has 23 heavy (non-hydrogen) atoms. The van der Waals surface area contributed by atoms with Crippen LogP contribution in [0.5, 0.6) is 0 Å². The first kappa shape index (κ1) is 16.5. The second-order valence-corrected chi connectivity index (χ2v) is 5.08. The summed E-state index contributed by atoms with van der Waals surface area (Å²) in [5.41, 5.74) is 6.11. The van der Waals surface area contributed by atoms with Gasteiger partial charge in [-0.1, -0.05) is 12.1 Å². The fourth-order valence-electron chi connectivity index (χ4n) is 2.17. The number of nitrogen functional groups attached to an aromatic ring is 1. The standard InChI is InChI=1S/C16H18N4O3/c17-8-11(15(21)20-10-12-4-3-7-23-12)9-19-16(22)13-5-1-2-6-14(13)18/h1-2,5-6,9,12H,3-4,7,10,18H2,(H,19,22)(H,20,21)/b11-9-. The molecule has 1 aromatic carbocycles. The number of para-hydroxylation sites is 1. The van der Waals surface area contributed by atoms with E-state index in [1.165, 1.54) is 0 Å². The van der Waals surface area contributed by atoms with E-state index < -0.39 is 11.8 Å². The largest absolute Gasteiger partial charge is 0.398 e. The third kappa shape index (κ3) is 4.56. The molecule has 1 saturated heterocycles. The van der Waals surface area contributed by atoms with Gasteiger partial charge in [0.2, 0.25) is 0 Å². The van der Waals surface area contributed by atoms with Gasteiger partial charge in [0.05, 0.1) is 11.7 Å². The number of hydrogen-bond acceptors (Lipinski definition) is 5. The number of carbonyl (C=O) groups is 2. The van der Waals surface area contributed by atoms with Crippen molar-refractivity contribution in [3.05, 3.63) is 41.6 Å². The van der Waals surface area contributed by atoms with Crippen LogP contribution in [-0.4, -0.2) is 31.1 Å². The molecule has 0 bridgehead atoms. The normalized spacial score (nSPS) is 17.3. The molecule has 1 aromatic rings. The van der Waals surface area contributed by atoms with Crippen molar-refractivity contribution in [3.8, 4) is 6.07 Å². The second kappa shape index (κ2) is 7.96. The molecule has 2 amide bonds. The summed E-state index contributed by atoms with van der Waals surface area (Å²) in [5.74, 6) is -1.04. The zero-order valence-electron chi connectivity index (χ0n) is 12.5. The number of ether oxygens (including phenoxy) is 1. The molecule has 0 saturated carbocycles. The topological polar surface area (TPSA) is 117 Å². The number of amides is 2. The SMILES string of the molecule is N#C/C(=C/NC(=O)c1ccccc1N)C(=O)NCC1CCCO1. The van der Waals surface area contributed by atoms with E-state index in [9.17, 15) is 9.59 Å². The van der Waals surface area contributed by atoms with Crippen LogP contribution in [-0.2, 0) is 9.53 Å². The van der Waals surface area contributed by atoms with Crippen molar-refractivity contribution in [2.45, 2.75) is 18.9 Å². The summed E-state index contributed by atoms with van der Waals surface area (Å²) >= 11 is 0. The van der Waals surface area contributed by atoms with Crippen LogP contribution in [0.15, 0.2) is 36.0 Å². The van der Waals surface area contributed by atoms with Gasteiger partial charge in [-0.2, -0.15) is 5.26 Å². The monoisotopic (exact) mass is 314 g/mol. The number of nitrogens with two attached hydrogens (primary N) is 1. The first-order chi connectivity index (χ1) is 11.1. The lowest BCUT2D eigenvalue weighted by molar-refractivity contribution is -0.117. The Labute approximate surface area is 134 Å². The van der Waals surface area contributed by atoms with Crippen molar-refractivity contribution in [2.24, 2.45) is 0 Å². The van der Waals surface area contributed by atoms with Crippen LogP contribution in [0.25, 0.3) is 0 Å². The highest BCUT2D eigenvalue weighted by Gasteiger charge is 2.18. The number of carbonyl (C=O) groups excluding carboxylic acids is 2. The number of benzene rings is 1.